The molecule has 0 aromatic heterocycles. The summed E-state index contributed by atoms with van der Waals surface area (Å²) in [5.41, 5.74) is 1.56. The summed E-state index contributed by atoms with van der Waals surface area (Å²) in [6.07, 6.45) is 1.06. The van der Waals surface area contributed by atoms with Gasteiger partial charge in [-0.1, -0.05) is 89.2 Å². The number of amides is 1. The summed E-state index contributed by atoms with van der Waals surface area (Å²) in [5.74, 6) is -1.03. The third-order valence-electron chi connectivity index (χ3n) is 12.1. The summed E-state index contributed by atoms with van der Waals surface area (Å²) in [6.45, 7) is 34.1. The van der Waals surface area contributed by atoms with Gasteiger partial charge in [0.1, 0.15) is 23.2 Å². The standard InChI is InChI=1S/C41H71NO9Si2/c1-24(2)53(25(3)4,26(5)6)50-35-23-34(48-30(10)44)27(7)31-21-33(49-39(47)38(31)35)28(8)32(45)22-36(46)41(14,15)37(19-18-20-42-29(9)43)51-52(16,17)40(11,12)13/h18,20,23-26,28,32-33,36-37,45-46H,19,21-22H2,1-17H3,(H,42,43)/b20-18+/t28-,32+,33-,36-,37-/m1/s1. The fourth-order valence-corrected chi connectivity index (χ4v) is 14.2. The maximum absolute atomic E-state index is 14.0. The molecule has 0 unspecified atom stereocenters. The molecule has 53 heavy (non-hydrogen) atoms. The fourth-order valence-electron chi connectivity index (χ4n) is 7.49. The highest BCUT2D eigenvalue weighted by Crippen LogP contribution is 2.47. The van der Waals surface area contributed by atoms with Gasteiger partial charge in [-0.05, 0) is 65.4 Å². The molecule has 1 aliphatic heterocycles. The normalized spacial score (nSPS) is 18.2. The van der Waals surface area contributed by atoms with Crippen LogP contribution in [-0.2, 0) is 25.2 Å². The fraction of sp³-hybridized carbons (Fsp3) is 0.732. The van der Waals surface area contributed by atoms with Gasteiger partial charge in [0.05, 0.1) is 18.3 Å². The van der Waals surface area contributed by atoms with E-state index < -0.39 is 64.3 Å². The Hall–Kier alpha value is -2.52. The van der Waals surface area contributed by atoms with Crippen LogP contribution in [-0.4, -0.2) is 69.1 Å². The van der Waals surface area contributed by atoms with Crippen LogP contribution in [0.1, 0.15) is 131 Å². The SMILES string of the molecule is CC(=O)N/C=C/C[C@@H](O[Si](C)(C)C(C)(C)C)C(C)(C)[C@H](O)C[C@H](O)[C@@H](C)[C@H]1Cc2c(C)c(OC(C)=O)cc(O[Si](C(C)C)(C(C)C)C(C)C)c2C(=O)O1. The van der Waals surface area contributed by atoms with Crippen molar-refractivity contribution in [2.45, 2.75) is 182 Å². The molecule has 3 N–H and O–H groups in total. The predicted molar refractivity (Wildman–Crippen MR) is 216 cm³/mol. The van der Waals surface area contributed by atoms with Gasteiger partial charge in [-0.15, -0.1) is 0 Å². The zero-order valence-corrected chi connectivity index (χ0v) is 37.7. The van der Waals surface area contributed by atoms with Crippen molar-refractivity contribution in [2.75, 3.05) is 0 Å². The van der Waals surface area contributed by atoms with Crippen LogP contribution in [0.4, 0.5) is 0 Å². The van der Waals surface area contributed by atoms with E-state index in [2.05, 4.69) is 80.7 Å². The maximum atomic E-state index is 14.0. The average Bonchev–Trinajstić information content (AvgIpc) is 3.00. The molecule has 0 saturated carbocycles. The number of aliphatic hydroxyl groups is 2. The molecular weight excluding hydrogens is 707 g/mol. The molecule has 0 bridgehead atoms. The van der Waals surface area contributed by atoms with Gasteiger partial charge in [-0.3, -0.25) is 9.59 Å². The molecule has 2 rings (SSSR count). The largest absolute Gasteiger partial charge is 0.542 e. The first-order valence-electron chi connectivity index (χ1n) is 19.3. The molecule has 1 aromatic rings. The Morgan fingerprint density at radius 3 is 2.00 bits per heavy atom. The molecule has 0 fully saturated rings. The van der Waals surface area contributed by atoms with Crippen molar-refractivity contribution in [3.05, 3.63) is 35.0 Å². The highest BCUT2D eigenvalue weighted by molar-refractivity contribution is 6.78. The lowest BCUT2D eigenvalue weighted by Gasteiger charge is -2.46. The zero-order valence-electron chi connectivity index (χ0n) is 35.7. The number of benzene rings is 1. The second kappa shape index (κ2) is 18.0. The third kappa shape index (κ3) is 10.8. The monoisotopic (exact) mass is 777 g/mol. The van der Waals surface area contributed by atoms with Gasteiger partial charge in [0.25, 0.3) is 8.32 Å². The van der Waals surface area contributed by atoms with Crippen molar-refractivity contribution in [1.29, 1.82) is 0 Å². The lowest BCUT2D eigenvalue weighted by Crippen LogP contribution is -2.52. The molecule has 1 aliphatic rings. The Labute approximate surface area is 322 Å². The first kappa shape index (κ1) is 46.6. The van der Waals surface area contributed by atoms with E-state index in [1.807, 2.05) is 33.8 Å². The molecule has 0 spiro atoms. The number of hydrogen-bond acceptors (Lipinski definition) is 9. The van der Waals surface area contributed by atoms with Gasteiger partial charge in [0.2, 0.25) is 5.91 Å². The number of cyclic esters (lactones) is 1. The molecule has 12 heteroatoms. The minimum atomic E-state index is -2.53. The van der Waals surface area contributed by atoms with E-state index in [9.17, 15) is 24.6 Å². The van der Waals surface area contributed by atoms with Crippen molar-refractivity contribution >= 4 is 34.5 Å². The molecule has 302 valence electrons. The molecule has 0 saturated heterocycles. The Bertz CT molecular complexity index is 1460. The Kier molecular flexibility index (Phi) is 15.8. The second-order valence-electron chi connectivity index (χ2n) is 18.2. The van der Waals surface area contributed by atoms with Crippen LogP contribution in [0, 0.1) is 18.3 Å². The second-order valence-corrected chi connectivity index (χ2v) is 28.3. The lowest BCUT2D eigenvalue weighted by molar-refractivity contribution is -0.132. The number of carbonyl (C=O) groups excluding carboxylic acids is 3. The number of ether oxygens (including phenoxy) is 2. The van der Waals surface area contributed by atoms with Gasteiger partial charge >= 0.3 is 11.9 Å². The van der Waals surface area contributed by atoms with Crippen molar-refractivity contribution in [1.82, 2.24) is 5.32 Å². The zero-order chi connectivity index (χ0) is 41.0. The van der Waals surface area contributed by atoms with E-state index in [1.54, 1.807) is 12.3 Å². The summed E-state index contributed by atoms with van der Waals surface area (Å²) in [6, 6.07) is 1.66. The predicted octanol–water partition coefficient (Wildman–Crippen LogP) is 8.76. The molecule has 1 aromatic carbocycles. The molecule has 5 atom stereocenters. The Balaban J connectivity index is 2.49. The first-order valence-corrected chi connectivity index (χ1v) is 24.4. The Morgan fingerprint density at radius 1 is 0.981 bits per heavy atom. The van der Waals surface area contributed by atoms with E-state index >= 15 is 0 Å². The van der Waals surface area contributed by atoms with Crippen LogP contribution >= 0.6 is 0 Å². The highest BCUT2D eigenvalue weighted by Gasteiger charge is 2.49. The van der Waals surface area contributed by atoms with Crippen molar-refractivity contribution < 1.29 is 42.9 Å². The minimum absolute atomic E-state index is 0.0218. The van der Waals surface area contributed by atoms with Gasteiger partial charge in [0.15, 0.2) is 8.32 Å². The third-order valence-corrected chi connectivity index (χ3v) is 22.6. The average molecular weight is 778 g/mol. The quantitative estimate of drug-likeness (QED) is 0.0805. The van der Waals surface area contributed by atoms with E-state index in [0.717, 1.165) is 0 Å². The topological polar surface area (TPSA) is 141 Å². The number of rotatable bonds is 17. The molecule has 10 nitrogen and oxygen atoms in total. The van der Waals surface area contributed by atoms with E-state index in [1.165, 1.54) is 13.8 Å². The Morgan fingerprint density at radius 2 is 1.53 bits per heavy atom. The number of hydrogen-bond donors (Lipinski definition) is 3. The summed E-state index contributed by atoms with van der Waals surface area (Å²) in [7, 11) is -4.81. The number of nitrogens with one attached hydrogen (secondary N) is 1. The van der Waals surface area contributed by atoms with Crippen LogP contribution in [0.2, 0.25) is 34.8 Å². The maximum Gasteiger partial charge on any atom is 0.342 e. The molecule has 0 radical (unpaired) electrons. The molecular formula is C41H71NO9Si2. The van der Waals surface area contributed by atoms with Crippen molar-refractivity contribution in [3.63, 3.8) is 0 Å². The van der Waals surface area contributed by atoms with Crippen LogP contribution in [0.3, 0.4) is 0 Å². The molecule has 0 aliphatic carbocycles. The van der Waals surface area contributed by atoms with Crippen LogP contribution in [0.15, 0.2) is 18.3 Å². The van der Waals surface area contributed by atoms with Gasteiger partial charge < -0.3 is 33.9 Å². The number of esters is 2. The van der Waals surface area contributed by atoms with Crippen molar-refractivity contribution in [2.24, 2.45) is 11.3 Å². The number of fused-ring (bicyclic) bond motifs is 1. The van der Waals surface area contributed by atoms with E-state index in [-0.39, 0.29) is 40.4 Å². The minimum Gasteiger partial charge on any atom is -0.542 e. The van der Waals surface area contributed by atoms with Crippen molar-refractivity contribution in [3.8, 4) is 11.5 Å². The van der Waals surface area contributed by atoms with Gasteiger partial charge in [-0.2, -0.15) is 0 Å². The van der Waals surface area contributed by atoms with Gasteiger partial charge in [-0.25, -0.2) is 4.79 Å². The summed E-state index contributed by atoms with van der Waals surface area (Å²) in [4.78, 5) is 37.7. The number of aliphatic hydroxyl groups excluding tert-OH is 2. The summed E-state index contributed by atoms with van der Waals surface area (Å²) < 4.78 is 25.7. The highest BCUT2D eigenvalue weighted by atomic mass is 28.4. The lowest BCUT2D eigenvalue weighted by atomic mass is 9.75. The van der Waals surface area contributed by atoms with Crippen LogP contribution in [0.25, 0.3) is 0 Å². The van der Waals surface area contributed by atoms with E-state index in [0.29, 0.717) is 34.6 Å². The molecule has 1 amide bonds. The van der Waals surface area contributed by atoms with Crippen LogP contribution < -0.4 is 14.5 Å². The smallest absolute Gasteiger partial charge is 0.342 e. The van der Waals surface area contributed by atoms with Gasteiger partial charge in [0, 0.05) is 44.1 Å². The molecule has 1 heterocycles. The summed E-state index contributed by atoms with van der Waals surface area (Å²) >= 11 is 0. The first-order chi connectivity index (χ1) is 24.1. The van der Waals surface area contributed by atoms with Crippen LogP contribution in [0.5, 0.6) is 11.5 Å². The van der Waals surface area contributed by atoms with E-state index in [4.69, 9.17) is 18.3 Å². The summed E-state index contributed by atoms with van der Waals surface area (Å²) in [5, 5.41) is 26.0. The number of carbonyl (C=O) groups is 3.